The number of benzene rings is 1. The molecule has 1 N–H and O–H groups in total. The van der Waals surface area contributed by atoms with Crippen LogP contribution in [-0.2, 0) is 6.18 Å². The van der Waals surface area contributed by atoms with Crippen LogP contribution in [0.1, 0.15) is 19.4 Å². The molecule has 166 valence electrons. The number of fused-ring (bicyclic) bond motifs is 2. The first kappa shape index (κ1) is 20.6. The summed E-state index contributed by atoms with van der Waals surface area (Å²) < 4.78 is 48.2. The lowest BCUT2D eigenvalue weighted by molar-refractivity contribution is -0.137. The minimum Gasteiger partial charge on any atom is -0.422 e. The van der Waals surface area contributed by atoms with Gasteiger partial charge in [0.1, 0.15) is 11.2 Å². The van der Waals surface area contributed by atoms with Crippen molar-refractivity contribution in [3.63, 3.8) is 0 Å². The maximum atomic E-state index is 13.8. The van der Waals surface area contributed by atoms with Gasteiger partial charge in [0.05, 0.1) is 11.1 Å². The average molecular weight is 442 g/mol. The monoisotopic (exact) mass is 442 g/mol. The van der Waals surface area contributed by atoms with Crippen molar-refractivity contribution in [2.45, 2.75) is 32.1 Å². The Bertz CT molecular complexity index is 1370. The Morgan fingerprint density at radius 1 is 1.09 bits per heavy atom. The fourth-order valence-electron chi connectivity index (χ4n) is 4.50. The predicted octanol–water partition coefficient (Wildman–Crippen LogP) is 4.31. The highest BCUT2D eigenvalue weighted by Gasteiger charge is 2.36. The van der Waals surface area contributed by atoms with Gasteiger partial charge in [0.25, 0.3) is 0 Å². The number of nitrogens with one attached hydrogen (secondary N) is 1. The minimum atomic E-state index is -4.65. The highest BCUT2D eigenvalue weighted by atomic mass is 19.4. The van der Waals surface area contributed by atoms with Gasteiger partial charge in [0.15, 0.2) is 0 Å². The smallest absolute Gasteiger partial charge is 0.417 e. The highest BCUT2D eigenvalue weighted by Crippen LogP contribution is 2.38. The van der Waals surface area contributed by atoms with Crippen molar-refractivity contribution in [3.05, 3.63) is 64.9 Å². The van der Waals surface area contributed by atoms with Crippen LogP contribution in [0.5, 0.6) is 0 Å². The zero-order chi connectivity index (χ0) is 22.6. The van der Waals surface area contributed by atoms with E-state index in [1.165, 1.54) is 29.1 Å². The average Bonchev–Trinajstić information content (AvgIpc) is 3.20. The number of rotatable bonds is 2. The fourth-order valence-corrected chi connectivity index (χ4v) is 4.50. The van der Waals surface area contributed by atoms with Gasteiger partial charge in [0.2, 0.25) is 0 Å². The Balaban J connectivity index is 1.65. The van der Waals surface area contributed by atoms with E-state index in [2.05, 4.69) is 29.0 Å². The van der Waals surface area contributed by atoms with Crippen molar-refractivity contribution in [2.24, 2.45) is 0 Å². The molecular weight excluding hydrogens is 421 g/mol. The first-order chi connectivity index (χ1) is 15.2. The Morgan fingerprint density at radius 2 is 1.84 bits per heavy atom. The topological polar surface area (TPSA) is 62.8 Å². The van der Waals surface area contributed by atoms with Crippen molar-refractivity contribution in [1.82, 2.24) is 14.7 Å². The Labute approximate surface area is 181 Å². The van der Waals surface area contributed by atoms with Gasteiger partial charge in [-0.25, -0.2) is 9.78 Å². The SMILES string of the molecule is C[C@@H]1CN(c2ccc3cc(-c4c(C(F)(F)F)ccn5ccnc45)c(=O)oc3c2)C[C@H](C)N1. The Kier molecular flexibility index (Phi) is 4.74. The van der Waals surface area contributed by atoms with Crippen molar-refractivity contribution in [1.29, 1.82) is 0 Å². The molecule has 1 saturated heterocycles. The molecule has 32 heavy (non-hydrogen) atoms. The van der Waals surface area contributed by atoms with Gasteiger partial charge in [0, 0.05) is 66.5 Å². The number of piperazine rings is 1. The van der Waals surface area contributed by atoms with Crippen molar-refractivity contribution in [2.75, 3.05) is 18.0 Å². The molecular formula is C23H21F3N4O2. The second-order valence-corrected chi connectivity index (χ2v) is 8.30. The van der Waals surface area contributed by atoms with E-state index in [1.54, 1.807) is 12.1 Å². The molecule has 5 rings (SSSR count). The zero-order valence-corrected chi connectivity index (χ0v) is 17.5. The van der Waals surface area contributed by atoms with Crippen molar-refractivity contribution >= 4 is 22.3 Å². The molecule has 0 aliphatic carbocycles. The molecule has 0 saturated carbocycles. The van der Waals surface area contributed by atoms with Gasteiger partial charge < -0.3 is 19.0 Å². The molecule has 4 heterocycles. The number of aromatic nitrogens is 2. The molecule has 3 aromatic heterocycles. The lowest BCUT2D eigenvalue weighted by atomic mass is 10.0. The van der Waals surface area contributed by atoms with Crippen LogP contribution >= 0.6 is 0 Å². The van der Waals surface area contributed by atoms with E-state index >= 15 is 0 Å². The molecule has 4 aromatic rings. The number of imidazole rings is 1. The molecule has 1 aliphatic heterocycles. The van der Waals surface area contributed by atoms with Gasteiger partial charge in [-0.05, 0) is 38.1 Å². The summed E-state index contributed by atoms with van der Waals surface area (Å²) in [6.07, 6.45) is -0.449. The zero-order valence-electron chi connectivity index (χ0n) is 17.5. The van der Waals surface area contributed by atoms with Crippen LogP contribution in [0.2, 0.25) is 0 Å². The number of halogens is 3. The summed E-state index contributed by atoms with van der Waals surface area (Å²) in [5.41, 5.74) is -0.930. The lowest BCUT2D eigenvalue weighted by Gasteiger charge is -2.37. The number of hydrogen-bond acceptors (Lipinski definition) is 5. The molecule has 6 nitrogen and oxygen atoms in total. The first-order valence-electron chi connectivity index (χ1n) is 10.3. The van der Waals surface area contributed by atoms with Crippen LogP contribution in [-0.4, -0.2) is 34.6 Å². The molecule has 0 spiro atoms. The molecule has 1 aromatic carbocycles. The normalized spacial score (nSPS) is 19.7. The van der Waals surface area contributed by atoms with Crippen LogP contribution in [0.15, 0.2) is 58.1 Å². The van der Waals surface area contributed by atoms with Gasteiger partial charge in [-0.3, -0.25) is 0 Å². The second kappa shape index (κ2) is 7.37. The summed E-state index contributed by atoms with van der Waals surface area (Å²) in [7, 11) is 0. The minimum absolute atomic E-state index is 0.0480. The quantitative estimate of drug-likeness (QED) is 0.469. The second-order valence-electron chi connectivity index (χ2n) is 8.30. The van der Waals surface area contributed by atoms with Gasteiger partial charge in [-0.1, -0.05) is 0 Å². The van der Waals surface area contributed by atoms with Crippen molar-refractivity contribution in [3.8, 4) is 11.1 Å². The number of alkyl halides is 3. The predicted molar refractivity (Wildman–Crippen MR) is 116 cm³/mol. The number of hydrogen-bond donors (Lipinski definition) is 1. The summed E-state index contributed by atoms with van der Waals surface area (Å²) in [6, 6.07) is 8.45. The van der Waals surface area contributed by atoms with E-state index in [4.69, 9.17) is 4.42 Å². The summed E-state index contributed by atoms with van der Waals surface area (Å²) in [5, 5.41) is 4.01. The standard InChI is InChI=1S/C23H21F3N4O2/c1-13-11-30(12-14(2)28-13)16-4-3-15-9-17(22(31)32-19(15)10-16)20-18(23(24,25)26)5-7-29-8-6-27-21(20)29/h3-10,13-14,28H,11-12H2,1-2H3/t13-,14+. The Hall–Kier alpha value is -3.33. The van der Waals surface area contributed by atoms with E-state index in [9.17, 15) is 18.0 Å². The molecule has 0 radical (unpaired) electrons. The van der Waals surface area contributed by atoms with E-state index < -0.39 is 17.4 Å². The van der Waals surface area contributed by atoms with Crippen molar-refractivity contribution < 1.29 is 17.6 Å². The van der Waals surface area contributed by atoms with E-state index in [0.29, 0.717) is 23.1 Å². The molecule has 1 aliphatic rings. The third-order valence-corrected chi connectivity index (χ3v) is 5.78. The third kappa shape index (κ3) is 3.52. The lowest BCUT2D eigenvalue weighted by Crippen LogP contribution is -2.54. The third-order valence-electron chi connectivity index (χ3n) is 5.78. The maximum absolute atomic E-state index is 13.8. The van der Waals surface area contributed by atoms with Gasteiger partial charge in [-0.15, -0.1) is 0 Å². The van der Waals surface area contributed by atoms with Gasteiger partial charge in [-0.2, -0.15) is 13.2 Å². The van der Waals surface area contributed by atoms with Crippen LogP contribution in [0.4, 0.5) is 18.9 Å². The number of anilines is 1. The summed E-state index contributed by atoms with van der Waals surface area (Å²) in [5.74, 6) is 0. The molecule has 1 fully saturated rings. The van der Waals surface area contributed by atoms with Gasteiger partial charge >= 0.3 is 11.8 Å². The van der Waals surface area contributed by atoms with Crippen LogP contribution in [0.3, 0.4) is 0 Å². The van der Waals surface area contributed by atoms with Crippen LogP contribution in [0.25, 0.3) is 27.7 Å². The Morgan fingerprint density at radius 3 is 2.56 bits per heavy atom. The van der Waals surface area contributed by atoms with E-state index in [0.717, 1.165) is 24.8 Å². The fraction of sp³-hybridized carbons (Fsp3) is 0.304. The molecule has 0 amide bonds. The molecule has 0 unspecified atom stereocenters. The summed E-state index contributed by atoms with van der Waals surface area (Å²) >= 11 is 0. The first-order valence-corrected chi connectivity index (χ1v) is 10.3. The van der Waals surface area contributed by atoms with Crippen LogP contribution in [0, 0.1) is 0 Å². The largest absolute Gasteiger partial charge is 0.422 e. The van der Waals surface area contributed by atoms with E-state index in [1.807, 2.05) is 6.07 Å². The van der Waals surface area contributed by atoms with E-state index in [-0.39, 0.29) is 16.8 Å². The molecule has 2 atom stereocenters. The number of nitrogens with zero attached hydrogens (tertiary/aromatic N) is 3. The molecule has 0 bridgehead atoms. The molecule has 9 heteroatoms. The maximum Gasteiger partial charge on any atom is 0.417 e. The summed E-state index contributed by atoms with van der Waals surface area (Å²) in [6.45, 7) is 5.80. The summed E-state index contributed by atoms with van der Waals surface area (Å²) in [4.78, 5) is 19.1. The van der Waals surface area contributed by atoms with Crippen LogP contribution < -0.4 is 15.8 Å². The number of pyridine rings is 1. The highest BCUT2D eigenvalue weighted by molar-refractivity contribution is 5.88.